The molecule has 2 N–H and O–H groups in total. The highest BCUT2D eigenvalue weighted by molar-refractivity contribution is 5.90. The molecule has 0 fully saturated rings. The van der Waals surface area contributed by atoms with Crippen LogP contribution in [0.2, 0.25) is 0 Å². The van der Waals surface area contributed by atoms with Crippen LogP contribution in [-0.2, 0) is 4.74 Å². The fourth-order valence-electron chi connectivity index (χ4n) is 1.42. The van der Waals surface area contributed by atoms with Gasteiger partial charge in [0.15, 0.2) is 11.5 Å². The van der Waals surface area contributed by atoms with Crippen LogP contribution in [-0.4, -0.2) is 31.8 Å². The van der Waals surface area contributed by atoms with Crippen LogP contribution in [0.3, 0.4) is 0 Å². The monoisotopic (exact) mass is 267 g/mol. The van der Waals surface area contributed by atoms with Crippen molar-refractivity contribution < 1.29 is 19.0 Å². The molecule has 0 bridgehead atoms. The molecule has 0 saturated heterocycles. The Bertz CT molecular complexity index is 438. The first-order valence-electron chi connectivity index (χ1n) is 6.11. The average molecular weight is 267 g/mol. The highest BCUT2D eigenvalue weighted by atomic mass is 16.6. The number of ether oxygens (including phenoxy) is 3. The van der Waals surface area contributed by atoms with Gasteiger partial charge in [-0.05, 0) is 39.0 Å². The van der Waals surface area contributed by atoms with E-state index in [2.05, 4.69) is 0 Å². The molecule has 0 aliphatic rings. The van der Waals surface area contributed by atoms with E-state index in [1.54, 1.807) is 18.2 Å². The van der Waals surface area contributed by atoms with E-state index in [-0.39, 0.29) is 0 Å². The Labute approximate surface area is 113 Å². The first kappa shape index (κ1) is 15.3. The molecule has 0 heterocycles. The van der Waals surface area contributed by atoms with Crippen molar-refractivity contribution >= 4 is 5.97 Å². The SMILES string of the molecule is COc1ccc(C(=O)OC(C)(C)C)cc1OCCN. The van der Waals surface area contributed by atoms with Crippen molar-refractivity contribution in [3.05, 3.63) is 23.8 Å². The maximum atomic E-state index is 11.9. The maximum absolute atomic E-state index is 11.9. The third kappa shape index (κ3) is 4.79. The van der Waals surface area contributed by atoms with Gasteiger partial charge >= 0.3 is 5.97 Å². The minimum atomic E-state index is -0.532. The van der Waals surface area contributed by atoms with Gasteiger partial charge in [-0.2, -0.15) is 0 Å². The van der Waals surface area contributed by atoms with Crippen molar-refractivity contribution in [3.63, 3.8) is 0 Å². The lowest BCUT2D eigenvalue weighted by Gasteiger charge is -2.20. The smallest absolute Gasteiger partial charge is 0.338 e. The summed E-state index contributed by atoms with van der Waals surface area (Å²) in [6.07, 6.45) is 0. The molecule has 0 radical (unpaired) electrons. The van der Waals surface area contributed by atoms with E-state index in [4.69, 9.17) is 19.9 Å². The Morgan fingerprint density at radius 2 is 1.95 bits per heavy atom. The zero-order chi connectivity index (χ0) is 14.5. The molecule has 0 spiro atoms. The third-order valence-electron chi connectivity index (χ3n) is 2.17. The Morgan fingerprint density at radius 1 is 1.26 bits per heavy atom. The first-order chi connectivity index (χ1) is 8.87. The Hall–Kier alpha value is -1.75. The van der Waals surface area contributed by atoms with Crippen molar-refractivity contribution in [2.45, 2.75) is 26.4 Å². The molecule has 0 aliphatic heterocycles. The number of carbonyl (C=O) groups is 1. The standard InChI is InChI=1S/C14H21NO4/c1-14(2,3)19-13(16)10-5-6-11(17-4)12(9-10)18-8-7-15/h5-6,9H,7-8,15H2,1-4H3. The minimum Gasteiger partial charge on any atom is -0.493 e. The van der Waals surface area contributed by atoms with Crippen molar-refractivity contribution in [1.29, 1.82) is 0 Å². The van der Waals surface area contributed by atoms with E-state index in [1.807, 2.05) is 20.8 Å². The number of hydrogen-bond donors (Lipinski definition) is 1. The molecule has 1 aromatic carbocycles. The molecule has 19 heavy (non-hydrogen) atoms. The van der Waals surface area contributed by atoms with Crippen LogP contribution in [0.1, 0.15) is 31.1 Å². The van der Waals surface area contributed by atoms with Gasteiger partial charge in [0.25, 0.3) is 0 Å². The highest BCUT2D eigenvalue weighted by Crippen LogP contribution is 2.28. The molecular formula is C14H21NO4. The number of carbonyl (C=O) groups excluding carboxylic acids is 1. The fourth-order valence-corrected chi connectivity index (χ4v) is 1.42. The lowest BCUT2D eigenvalue weighted by atomic mass is 10.1. The summed E-state index contributed by atoms with van der Waals surface area (Å²) in [5.41, 5.74) is 5.28. The lowest BCUT2D eigenvalue weighted by molar-refractivity contribution is 0.00691. The number of benzene rings is 1. The number of rotatable bonds is 5. The van der Waals surface area contributed by atoms with Gasteiger partial charge in [0.2, 0.25) is 0 Å². The van der Waals surface area contributed by atoms with Crippen LogP contribution >= 0.6 is 0 Å². The van der Waals surface area contributed by atoms with Gasteiger partial charge in [-0.3, -0.25) is 0 Å². The topological polar surface area (TPSA) is 70.8 Å². The third-order valence-corrected chi connectivity index (χ3v) is 2.17. The van der Waals surface area contributed by atoms with E-state index in [1.165, 1.54) is 7.11 Å². The average Bonchev–Trinajstić information content (AvgIpc) is 2.33. The quantitative estimate of drug-likeness (QED) is 0.826. The van der Waals surface area contributed by atoms with E-state index in [0.29, 0.717) is 30.2 Å². The zero-order valence-corrected chi connectivity index (χ0v) is 11.9. The van der Waals surface area contributed by atoms with Gasteiger partial charge in [-0.15, -0.1) is 0 Å². The number of esters is 1. The summed E-state index contributed by atoms with van der Waals surface area (Å²) in [6.45, 7) is 6.20. The fraction of sp³-hybridized carbons (Fsp3) is 0.500. The van der Waals surface area contributed by atoms with E-state index >= 15 is 0 Å². The predicted molar refractivity (Wildman–Crippen MR) is 72.7 cm³/mol. The van der Waals surface area contributed by atoms with E-state index in [0.717, 1.165) is 0 Å². The summed E-state index contributed by atoms with van der Waals surface area (Å²) >= 11 is 0. The summed E-state index contributed by atoms with van der Waals surface area (Å²) in [6, 6.07) is 4.91. The van der Waals surface area contributed by atoms with Crippen LogP contribution in [0, 0.1) is 0 Å². The molecule has 0 aromatic heterocycles. The number of methoxy groups -OCH3 is 1. The van der Waals surface area contributed by atoms with Gasteiger partial charge in [0.1, 0.15) is 12.2 Å². The summed E-state index contributed by atoms with van der Waals surface area (Å²) in [5.74, 6) is 0.643. The maximum Gasteiger partial charge on any atom is 0.338 e. The second-order valence-electron chi connectivity index (χ2n) is 5.00. The lowest BCUT2D eigenvalue weighted by Crippen LogP contribution is -2.24. The zero-order valence-electron chi connectivity index (χ0n) is 11.9. The molecule has 0 saturated carbocycles. The van der Waals surface area contributed by atoms with E-state index in [9.17, 15) is 4.79 Å². The summed E-state index contributed by atoms with van der Waals surface area (Å²) in [5, 5.41) is 0. The van der Waals surface area contributed by atoms with Crippen molar-refractivity contribution in [2.75, 3.05) is 20.3 Å². The second-order valence-corrected chi connectivity index (χ2v) is 5.00. The summed E-state index contributed by atoms with van der Waals surface area (Å²) in [4.78, 5) is 11.9. The minimum absolute atomic E-state index is 0.355. The largest absolute Gasteiger partial charge is 0.493 e. The molecule has 0 unspecified atom stereocenters. The molecule has 0 aliphatic carbocycles. The van der Waals surface area contributed by atoms with Crippen LogP contribution < -0.4 is 15.2 Å². The summed E-state index contributed by atoms with van der Waals surface area (Å²) < 4.78 is 15.9. The van der Waals surface area contributed by atoms with Gasteiger partial charge in [0, 0.05) is 6.54 Å². The Balaban J connectivity index is 2.93. The number of nitrogens with two attached hydrogens (primary N) is 1. The van der Waals surface area contributed by atoms with Gasteiger partial charge < -0.3 is 19.9 Å². The van der Waals surface area contributed by atoms with Gasteiger partial charge in [-0.1, -0.05) is 0 Å². The summed E-state index contributed by atoms with van der Waals surface area (Å²) in [7, 11) is 1.54. The van der Waals surface area contributed by atoms with Gasteiger partial charge in [0.05, 0.1) is 12.7 Å². The van der Waals surface area contributed by atoms with Crippen LogP contribution in [0.4, 0.5) is 0 Å². The van der Waals surface area contributed by atoms with E-state index < -0.39 is 11.6 Å². The Morgan fingerprint density at radius 3 is 2.47 bits per heavy atom. The van der Waals surface area contributed by atoms with Crippen LogP contribution in [0.15, 0.2) is 18.2 Å². The number of hydrogen-bond acceptors (Lipinski definition) is 5. The van der Waals surface area contributed by atoms with Crippen LogP contribution in [0.25, 0.3) is 0 Å². The van der Waals surface area contributed by atoms with Crippen molar-refractivity contribution in [2.24, 2.45) is 5.73 Å². The molecule has 106 valence electrons. The second kappa shape index (κ2) is 6.43. The molecular weight excluding hydrogens is 246 g/mol. The van der Waals surface area contributed by atoms with Crippen LogP contribution in [0.5, 0.6) is 11.5 Å². The molecule has 5 heteroatoms. The first-order valence-corrected chi connectivity index (χ1v) is 6.11. The van der Waals surface area contributed by atoms with Crippen molar-refractivity contribution in [3.8, 4) is 11.5 Å². The van der Waals surface area contributed by atoms with Gasteiger partial charge in [-0.25, -0.2) is 4.79 Å². The molecule has 0 amide bonds. The molecule has 1 aromatic rings. The molecule has 1 rings (SSSR count). The Kier molecular flexibility index (Phi) is 5.18. The van der Waals surface area contributed by atoms with Crippen molar-refractivity contribution in [1.82, 2.24) is 0 Å². The molecule has 5 nitrogen and oxygen atoms in total. The normalized spacial score (nSPS) is 11.0. The molecule has 0 atom stereocenters. The highest BCUT2D eigenvalue weighted by Gasteiger charge is 2.19. The predicted octanol–water partition coefficient (Wildman–Crippen LogP) is 1.99.